The van der Waals surface area contributed by atoms with E-state index in [0.29, 0.717) is 0 Å². The van der Waals surface area contributed by atoms with Gasteiger partial charge in [-0.1, -0.05) is 18.2 Å². The summed E-state index contributed by atoms with van der Waals surface area (Å²) in [5.74, 6) is 0. The van der Waals surface area contributed by atoms with Crippen LogP contribution >= 0.6 is 0 Å². The minimum Gasteiger partial charge on any atom is -1.00 e. The van der Waals surface area contributed by atoms with Gasteiger partial charge >= 0.3 is 21.1 Å². The van der Waals surface area contributed by atoms with Crippen LogP contribution in [-0.2, 0) is 21.1 Å². The van der Waals surface area contributed by atoms with Crippen LogP contribution in [0.15, 0.2) is 91.8 Å². The van der Waals surface area contributed by atoms with Crippen molar-refractivity contribution in [1.82, 2.24) is 15.0 Å². The smallest absolute Gasteiger partial charge is 1.00 e. The van der Waals surface area contributed by atoms with Gasteiger partial charge in [-0.15, -0.1) is 0 Å². The number of nitrogens with zero attached hydrogens (tertiary/aromatic N) is 3. The average Bonchev–Trinajstić information content (AvgIpc) is 2.54. The van der Waals surface area contributed by atoms with E-state index in [-0.39, 0.29) is 93.0 Å². The molecule has 0 N–H and O–H groups in total. The van der Waals surface area contributed by atoms with E-state index in [9.17, 15) is 0 Å². The summed E-state index contributed by atoms with van der Waals surface area (Å²) in [7, 11) is 0. The normalized spacial score (nSPS) is 6.55. The first-order valence-electron chi connectivity index (χ1n) is 5.55. The summed E-state index contributed by atoms with van der Waals surface area (Å²) in [6.07, 6.45) is 10.5. The molecule has 22 heavy (non-hydrogen) atoms. The second-order valence-electron chi connectivity index (χ2n) is 3.07. The molecule has 0 bridgehead atoms. The van der Waals surface area contributed by atoms with Crippen molar-refractivity contribution in [3.8, 4) is 0 Å². The molecule has 0 saturated heterocycles. The third-order valence-corrected chi connectivity index (χ3v) is 1.70. The summed E-state index contributed by atoms with van der Waals surface area (Å²) in [5.41, 5.74) is 0. The zero-order valence-electron chi connectivity index (χ0n) is 11.5. The van der Waals surface area contributed by atoms with Gasteiger partial charge < -0.3 is 71.9 Å². The summed E-state index contributed by atoms with van der Waals surface area (Å²) in [5, 5.41) is 0. The van der Waals surface area contributed by atoms with Crippen LogP contribution in [0.2, 0.25) is 0 Å². The van der Waals surface area contributed by atoms with Crippen LogP contribution in [0.1, 0.15) is 0 Å². The zero-order chi connectivity index (χ0) is 12.7. The van der Waals surface area contributed by atoms with Gasteiger partial charge in [-0.3, -0.25) is 15.0 Å². The molecule has 3 rings (SSSR count). The Hall–Kier alpha value is 0.328. The molecular weight excluding hydrogens is 699 g/mol. The fourth-order valence-corrected chi connectivity index (χ4v) is 0.938. The van der Waals surface area contributed by atoms with Crippen LogP contribution in [0.5, 0.6) is 0 Å². The Morgan fingerprint density at radius 2 is 0.500 bits per heavy atom. The van der Waals surface area contributed by atoms with Gasteiger partial charge in [-0.05, 0) is 36.4 Å². The van der Waals surface area contributed by atoms with Gasteiger partial charge in [0.1, 0.15) is 0 Å². The fraction of sp³-hybridized carbons (Fsp3) is 0. The number of halogens is 3. The maximum absolute atomic E-state index is 3.78. The number of aromatic nitrogens is 3. The first kappa shape index (κ1) is 30.2. The Bertz CT molecular complexity index is 321. The Kier molecular flexibility index (Phi) is 36.1. The summed E-state index contributed by atoms with van der Waals surface area (Å²) in [4.78, 5) is 11.4. The number of hydrogen-bond acceptors (Lipinski definition) is 3. The molecule has 3 aromatic heterocycles. The van der Waals surface area contributed by atoms with Crippen molar-refractivity contribution in [2.45, 2.75) is 0 Å². The molecule has 0 unspecified atom stereocenters. The molecule has 0 spiro atoms. The number of rotatable bonds is 0. The largest absolute Gasteiger partial charge is 3.00 e. The van der Waals surface area contributed by atoms with E-state index >= 15 is 0 Å². The minimum atomic E-state index is 0. The Balaban J connectivity index is -0.000000101. The predicted octanol–water partition coefficient (Wildman–Crippen LogP) is -5.75. The van der Waals surface area contributed by atoms with Crippen LogP contribution in [0, 0.1) is 0 Å². The van der Waals surface area contributed by atoms with Crippen LogP contribution in [0.3, 0.4) is 0 Å². The average molecular weight is 714 g/mol. The molecular formula is C15H15I3MoN3. The first-order valence-corrected chi connectivity index (χ1v) is 5.55. The van der Waals surface area contributed by atoms with Gasteiger partial charge in [-0.2, -0.15) is 0 Å². The van der Waals surface area contributed by atoms with Crippen molar-refractivity contribution in [3.05, 3.63) is 91.8 Å². The van der Waals surface area contributed by atoms with Gasteiger partial charge in [0, 0.05) is 37.2 Å². The molecule has 3 aromatic rings. The van der Waals surface area contributed by atoms with E-state index < -0.39 is 0 Å². The van der Waals surface area contributed by atoms with E-state index in [2.05, 4.69) is 15.0 Å². The van der Waals surface area contributed by atoms with Crippen molar-refractivity contribution >= 4 is 0 Å². The molecule has 0 atom stereocenters. The maximum atomic E-state index is 3.78. The molecule has 0 aromatic carbocycles. The van der Waals surface area contributed by atoms with Gasteiger partial charge in [-0.25, -0.2) is 0 Å². The van der Waals surface area contributed by atoms with Crippen LogP contribution in [0.25, 0.3) is 0 Å². The van der Waals surface area contributed by atoms with Crippen molar-refractivity contribution in [3.63, 3.8) is 0 Å². The standard InChI is InChI=1S/3C5H5N.3HI.Mo/c3*1-2-4-6-5-3-1;;;;/h3*1-5H;3*1H;/q;;;;;;+3/p-3. The molecule has 0 saturated carbocycles. The van der Waals surface area contributed by atoms with E-state index in [1.54, 1.807) is 37.2 Å². The summed E-state index contributed by atoms with van der Waals surface area (Å²) < 4.78 is 0. The molecule has 0 fully saturated rings. The second kappa shape index (κ2) is 26.2. The van der Waals surface area contributed by atoms with E-state index in [4.69, 9.17) is 0 Å². The van der Waals surface area contributed by atoms with Gasteiger partial charge in [0.15, 0.2) is 0 Å². The van der Waals surface area contributed by atoms with Crippen molar-refractivity contribution in [2.75, 3.05) is 0 Å². The number of hydrogen-bond donors (Lipinski definition) is 0. The van der Waals surface area contributed by atoms with E-state index in [1.807, 2.05) is 54.6 Å². The van der Waals surface area contributed by atoms with Crippen LogP contribution < -0.4 is 71.9 Å². The summed E-state index contributed by atoms with van der Waals surface area (Å²) in [6, 6.07) is 17.1. The summed E-state index contributed by atoms with van der Waals surface area (Å²) >= 11 is 0. The van der Waals surface area contributed by atoms with Crippen LogP contribution in [0.4, 0.5) is 0 Å². The molecule has 0 amide bonds. The van der Waals surface area contributed by atoms with E-state index in [0.717, 1.165) is 0 Å². The molecule has 0 aliphatic heterocycles. The zero-order valence-corrected chi connectivity index (χ0v) is 20.0. The quantitative estimate of drug-likeness (QED) is 0.173. The first-order chi connectivity index (χ1) is 9.00. The van der Waals surface area contributed by atoms with Gasteiger partial charge in [0.05, 0.1) is 0 Å². The Morgan fingerprint density at radius 1 is 0.318 bits per heavy atom. The van der Waals surface area contributed by atoms with Gasteiger partial charge in [0.25, 0.3) is 0 Å². The van der Waals surface area contributed by atoms with Gasteiger partial charge in [0.2, 0.25) is 0 Å². The molecule has 7 heteroatoms. The topological polar surface area (TPSA) is 38.7 Å². The monoisotopic (exact) mass is 716 g/mol. The Labute approximate surface area is 197 Å². The van der Waals surface area contributed by atoms with Crippen molar-refractivity contribution in [2.24, 2.45) is 0 Å². The van der Waals surface area contributed by atoms with Crippen LogP contribution in [-0.4, -0.2) is 15.0 Å². The van der Waals surface area contributed by atoms with Crippen molar-refractivity contribution < 1.29 is 93.0 Å². The molecule has 117 valence electrons. The van der Waals surface area contributed by atoms with E-state index in [1.165, 1.54) is 0 Å². The Morgan fingerprint density at radius 3 is 0.545 bits per heavy atom. The predicted molar refractivity (Wildman–Crippen MR) is 72.7 cm³/mol. The molecule has 3 heterocycles. The number of pyridine rings is 3. The van der Waals surface area contributed by atoms with Crippen molar-refractivity contribution in [1.29, 1.82) is 0 Å². The fourth-order valence-electron chi connectivity index (χ4n) is 0.938. The summed E-state index contributed by atoms with van der Waals surface area (Å²) in [6.45, 7) is 0. The molecule has 3 nitrogen and oxygen atoms in total. The third-order valence-electron chi connectivity index (χ3n) is 1.70. The maximum Gasteiger partial charge on any atom is 3.00 e. The SMILES string of the molecule is [I-].[I-].[I-].[Mo+3].c1ccncc1.c1ccncc1.c1ccncc1. The third kappa shape index (κ3) is 22.6. The molecule has 0 aliphatic carbocycles. The molecule has 0 aliphatic rings. The second-order valence-corrected chi connectivity index (χ2v) is 3.07. The minimum absolute atomic E-state index is 0. The molecule has 1 radical (unpaired) electrons.